The minimum atomic E-state index is -0.737. The second-order valence-corrected chi connectivity index (χ2v) is 7.64. The van der Waals surface area contributed by atoms with E-state index in [4.69, 9.17) is 9.72 Å². The molecule has 1 saturated carbocycles. The summed E-state index contributed by atoms with van der Waals surface area (Å²) in [7, 11) is 1.68. The first kappa shape index (κ1) is 19.5. The lowest BCUT2D eigenvalue weighted by molar-refractivity contribution is -0.133. The fourth-order valence-corrected chi connectivity index (χ4v) is 4.29. The number of hydrogen-bond donors (Lipinski definition) is 1. The Morgan fingerprint density at radius 3 is 2.79 bits per heavy atom. The standard InChI is InChI=1S/C20H27N7O2/c1-15(18-23-16-8-4-5-9-17(16)26(18)12-13-29-2)22-19(28)20(10-6-3-7-11-20)27-14-21-24-25-27/h4-5,8-9,14-15H,3,6-7,10-13H2,1-2H3,(H,22,28). The lowest BCUT2D eigenvalue weighted by atomic mass is 9.81. The summed E-state index contributed by atoms with van der Waals surface area (Å²) in [5, 5.41) is 14.8. The van der Waals surface area contributed by atoms with E-state index in [0.29, 0.717) is 13.2 Å². The fourth-order valence-electron chi connectivity index (χ4n) is 4.29. The van der Waals surface area contributed by atoms with Crippen molar-refractivity contribution in [2.75, 3.05) is 13.7 Å². The van der Waals surface area contributed by atoms with Crippen LogP contribution in [-0.2, 0) is 21.6 Å². The zero-order valence-corrected chi connectivity index (χ0v) is 16.9. The summed E-state index contributed by atoms with van der Waals surface area (Å²) in [5.41, 5.74) is 1.21. The van der Waals surface area contributed by atoms with E-state index in [9.17, 15) is 4.79 Å². The molecule has 0 saturated heterocycles. The number of methoxy groups -OCH3 is 1. The van der Waals surface area contributed by atoms with E-state index >= 15 is 0 Å². The molecule has 2 aromatic heterocycles. The number of nitrogens with one attached hydrogen (secondary N) is 1. The summed E-state index contributed by atoms with van der Waals surface area (Å²) in [6.45, 7) is 3.21. The molecule has 154 valence electrons. The highest BCUT2D eigenvalue weighted by molar-refractivity contribution is 5.85. The van der Waals surface area contributed by atoms with E-state index in [0.717, 1.165) is 49.0 Å². The number of carbonyl (C=O) groups excluding carboxylic acids is 1. The van der Waals surface area contributed by atoms with Crippen molar-refractivity contribution in [3.05, 3.63) is 36.4 Å². The van der Waals surface area contributed by atoms with Crippen LogP contribution in [-0.4, -0.2) is 49.4 Å². The third-order valence-electron chi connectivity index (χ3n) is 5.83. The molecule has 0 spiro atoms. The maximum Gasteiger partial charge on any atom is 0.248 e. The van der Waals surface area contributed by atoms with Crippen LogP contribution in [0.25, 0.3) is 11.0 Å². The quantitative estimate of drug-likeness (QED) is 0.656. The zero-order chi connectivity index (χ0) is 20.3. The van der Waals surface area contributed by atoms with Crippen molar-refractivity contribution in [2.24, 2.45) is 0 Å². The molecule has 0 aliphatic heterocycles. The number of para-hydroxylation sites is 2. The number of ether oxygens (including phenoxy) is 1. The van der Waals surface area contributed by atoms with Gasteiger partial charge in [0.1, 0.15) is 17.7 Å². The van der Waals surface area contributed by atoms with Gasteiger partial charge in [0.15, 0.2) is 0 Å². The Balaban J connectivity index is 1.63. The highest BCUT2D eigenvalue weighted by Crippen LogP contribution is 2.35. The summed E-state index contributed by atoms with van der Waals surface area (Å²) in [4.78, 5) is 18.2. The molecule has 1 aliphatic carbocycles. The SMILES string of the molecule is COCCn1c(C(C)NC(=O)C2(n3cnnn3)CCCCC2)nc2ccccc21. The molecule has 1 aromatic carbocycles. The second-order valence-electron chi connectivity index (χ2n) is 7.64. The van der Waals surface area contributed by atoms with Gasteiger partial charge in [0, 0.05) is 13.7 Å². The van der Waals surface area contributed by atoms with Crippen molar-refractivity contribution in [1.29, 1.82) is 0 Å². The Hall–Kier alpha value is -2.81. The Labute approximate surface area is 169 Å². The number of fused-ring (bicyclic) bond motifs is 1. The second kappa shape index (κ2) is 8.28. The molecule has 1 amide bonds. The van der Waals surface area contributed by atoms with Crippen LogP contribution >= 0.6 is 0 Å². The average Bonchev–Trinajstić information content (AvgIpc) is 3.41. The molecule has 9 nitrogen and oxygen atoms in total. The Morgan fingerprint density at radius 2 is 2.07 bits per heavy atom. The van der Waals surface area contributed by atoms with Gasteiger partial charge in [-0.05, 0) is 42.3 Å². The zero-order valence-electron chi connectivity index (χ0n) is 16.9. The smallest absolute Gasteiger partial charge is 0.248 e. The Morgan fingerprint density at radius 1 is 1.28 bits per heavy atom. The molecule has 29 heavy (non-hydrogen) atoms. The molecule has 1 atom stereocenters. The van der Waals surface area contributed by atoms with Gasteiger partial charge in [0.25, 0.3) is 0 Å². The summed E-state index contributed by atoms with van der Waals surface area (Å²) >= 11 is 0. The number of amides is 1. The molecule has 0 bridgehead atoms. The molecule has 1 aliphatic rings. The van der Waals surface area contributed by atoms with E-state index in [1.807, 2.05) is 31.2 Å². The number of tetrazole rings is 1. The summed E-state index contributed by atoms with van der Waals surface area (Å²) in [6.07, 6.45) is 6.10. The predicted octanol–water partition coefficient (Wildman–Crippen LogP) is 2.21. The molecular weight excluding hydrogens is 370 g/mol. The van der Waals surface area contributed by atoms with Gasteiger partial charge < -0.3 is 14.6 Å². The third kappa shape index (κ3) is 3.62. The Kier molecular flexibility index (Phi) is 5.57. The van der Waals surface area contributed by atoms with Gasteiger partial charge in [-0.25, -0.2) is 9.67 Å². The summed E-state index contributed by atoms with van der Waals surface area (Å²) in [5.74, 6) is 0.765. The number of hydrogen-bond acceptors (Lipinski definition) is 6. The van der Waals surface area contributed by atoms with Crippen LogP contribution in [0.15, 0.2) is 30.6 Å². The summed E-state index contributed by atoms with van der Waals surface area (Å²) < 4.78 is 9.03. The number of rotatable bonds is 7. The molecule has 2 heterocycles. The monoisotopic (exact) mass is 397 g/mol. The van der Waals surface area contributed by atoms with Gasteiger partial charge in [-0.15, -0.1) is 5.10 Å². The number of carbonyl (C=O) groups is 1. The molecule has 3 aromatic rings. The lowest BCUT2D eigenvalue weighted by Crippen LogP contribution is -2.51. The molecular formula is C20H27N7O2. The van der Waals surface area contributed by atoms with Crippen LogP contribution in [0.3, 0.4) is 0 Å². The molecule has 4 rings (SSSR count). The van der Waals surface area contributed by atoms with Crippen LogP contribution in [0.5, 0.6) is 0 Å². The van der Waals surface area contributed by atoms with Crippen molar-refractivity contribution in [2.45, 2.75) is 57.2 Å². The van der Waals surface area contributed by atoms with Crippen molar-refractivity contribution in [3.63, 3.8) is 0 Å². The normalized spacial score (nSPS) is 17.3. The lowest BCUT2D eigenvalue weighted by Gasteiger charge is -2.36. The first-order valence-corrected chi connectivity index (χ1v) is 10.1. The molecule has 1 fully saturated rings. The van der Waals surface area contributed by atoms with E-state index in [1.165, 1.54) is 0 Å². The number of imidazole rings is 1. The van der Waals surface area contributed by atoms with Gasteiger partial charge in [0.2, 0.25) is 5.91 Å². The average molecular weight is 397 g/mol. The van der Waals surface area contributed by atoms with Gasteiger partial charge >= 0.3 is 0 Å². The fraction of sp³-hybridized carbons (Fsp3) is 0.550. The number of benzene rings is 1. The van der Waals surface area contributed by atoms with Crippen molar-refractivity contribution >= 4 is 16.9 Å². The van der Waals surface area contributed by atoms with Crippen LogP contribution in [0.4, 0.5) is 0 Å². The van der Waals surface area contributed by atoms with Crippen molar-refractivity contribution < 1.29 is 9.53 Å². The highest BCUT2D eigenvalue weighted by atomic mass is 16.5. The molecule has 9 heteroatoms. The number of nitrogens with zero attached hydrogens (tertiary/aromatic N) is 6. The maximum atomic E-state index is 13.5. The largest absolute Gasteiger partial charge is 0.383 e. The first-order valence-electron chi connectivity index (χ1n) is 10.1. The summed E-state index contributed by atoms with van der Waals surface area (Å²) in [6, 6.07) is 7.73. The van der Waals surface area contributed by atoms with Crippen LogP contribution in [0.1, 0.15) is 50.9 Å². The molecule has 1 N–H and O–H groups in total. The van der Waals surface area contributed by atoms with Crippen LogP contribution < -0.4 is 5.32 Å². The van der Waals surface area contributed by atoms with E-state index in [2.05, 4.69) is 25.4 Å². The minimum Gasteiger partial charge on any atom is -0.383 e. The third-order valence-corrected chi connectivity index (χ3v) is 5.83. The minimum absolute atomic E-state index is 0.0534. The number of aromatic nitrogens is 6. The van der Waals surface area contributed by atoms with Gasteiger partial charge in [0.05, 0.1) is 23.7 Å². The Bertz CT molecular complexity index is 961. The molecule has 0 radical (unpaired) electrons. The van der Waals surface area contributed by atoms with Crippen LogP contribution in [0.2, 0.25) is 0 Å². The van der Waals surface area contributed by atoms with Gasteiger partial charge in [-0.2, -0.15) is 0 Å². The van der Waals surface area contributed by atoms with Crippen molar-refractivity contribution in [3.8, 4) is 0 Å². The topological polar surface area (TPSA) is 99.8 Å². The maximum absolute atomic E-state index is 13.5. The van der Waals surface area contributed by atoms with E-state index < -0.39 is 5.54 Å². The van der Waals surface area contributed by atoms with Gasteiger partial charge in [-0.1, -0.05) is 31.4 Å². The molecule has 1 unspecified atom stereocenters. The predicted molar refractivity (Wildman–Crippen MR) is 107 cm³/mol. The van der Waals surface area contributed by atoms with E-state index in [1.54, 1.807) is 18.1 Å². The first-order chi connectivity index (χ1) is 14.2. The van der Waals surface area contributed by atoms with E-state index in [-0.39, 0.29) is 11.9 Å². The van der Waals surface area contributed by atoms with Crippen molar-refractivity contribution in [1.82, 2.24) is 35.1 Å². The van der Waals surface area contributed by atoms with Crippen LogP contribution in [0, 0.1) is 0 Å². The highest BCUT2D eigenvalue weighted by Gasteiger charge is 2.43. The van der Waals surface area contributed by atoms with Gasteiger partial charge in [-0.3, -0.25) is 4.79 Å².